The van der Waals surface area contributed by atoms with Crippen LogP contribution in [0, 0.1) is 0 Å². The third kappa shape index (κ3) is 5.46. The molecule has 0 unspecified atom stereocenters. The molecule has 0 bridgehead atoms. The van der Waals surface area contributed by atoms with Gasteiger partial charge < -0.3 is 9.47 Å². The molecule has 0 aliphatic heterocycles. The summed E-state index contributed by atoms with van der Waals surface area (Å²) >= 11 is 1.47. The van der Waals surface area contributed by atoms with Crippen molar-refractivity contribution in [2.75, 3.05) is 24.7 Å². The average molecular weight is 430 g/mol. The van der Waals surface area contributed by atoms with Crippen molar-refractivity contribution in [3.63, 3.8) is 0 Å². The van der Waals surface area contributed by atoms with E-state index >= 15 is 0 Å². The number of para-hydroxylation sites is 1. The van der Waals surface area contributed by atoms with E-state index in [0.29, 0.717) is 23.8 Å². The monoisotopic (exact) mass is 429 g/mol. The first-order valence-electron chi connectivity index (χ1n) is 8.94. The molecule has 152 valence electrons. The van der Waals surface area contributed by atoms with Crippen LogP contribution in [-0.4, -0.2) is 28.8 Å². The van der Waals surface area contributed by atoms with Gasteiger partial charge in [0, 0.05) is 16.8 Å². The second-order valence-corrected chi connectivity index (χ2v) is 9.52. The lowest BCUT2D eigenvalue weighted by molar-refractivity contribution is 0.284. The predicted molar refractivity (Wildman–Crippen MR) is 118 cm³/mol. The van der Waals surface area contributed by atoms with Crippen molar-refractivity contribution in [2.45, 2.75) is 16.4 Å². The SMILES string of the molecule is COc1cc(Sc2ccccc2N(C)S(C)(=O)=O)ccc1OCc1ccccc1. The van der Waals surface area contributed by atoms with Gasteiger partial charge in [0.05, 0.1) is 19.1 Å². The van der Waals surface area contributed by atoms with Crippen molar-refractivity contribution in [1.29, 1.82) is 0 Å². The van der Waals surface area contributed by atoms with Crippen LogP contribution in [0.3, 0.4) is 0 Å². The summed E-state index contributed by atoms with van der Waals surface area (Å²) in [7, 11) is -0.195. The first-order valence-corrected chi connectivity index (χ1v) is 11.6. The molecular weight excluding hydrogens is 406 g/mol. The zero-order valence-corrected chi connectivity index (χ0v) is 18.2. The number of rotatable bonds is 8. The Bertz CT molecular complexity index is 1070. The summed E-state index contributed by atoms with van der Waals surface area (Å²) < 4.78 is 36.6. The average Bonchev–Trinajstić information content (AvgIpc) is 2.72. The van der Waals surface area contributed by atoms with E-state index < -0.39 is 10.0 Å². The second kappa shape index (κ2) is 9.24. The largest absolute Gasteiger partial charge is 0.493 e. The van der Waals surface area contributed by atoms with E-state index in [2.05, 4.69) is 0 Å². The molecule has 3 aromatic carbocycles. The number of sulfonamides is 1. The molecule has 0 spiro atoms. The van der Waals surface area contributed by atoms with Crippen LogP contribution in [0.15, 0.2) is 82.6 Å². The minimum absolute atomic E-state index is 0.450. The number of benzene rings is 3. The molecule has 0 N–H and O–H groups in total. The van der Waals surface area contributed by atoms with Crippen molar-refractivity contribution in [3.8, 4) is 11.5 Å². The Hall–Kier alpha value is -2.64. The first kappa shape index (κ1) is 21.1. The molecule has 0 fully saturated rings. The highest BCUT2D eigenvalue weighted by molar-refractivity contribution is 7.99. The maximum absolute atomic E-state index is 12.0. The Balaban J connectivity index is 1.81. The van der Waals surface area contributed by atoms with Gasteiger partial charge in [0.25, 0.3) is 0 Å². The molecule has 0 amide bonds. The van der Waals surface area contributed by atoms with E-state index in [0.717, 1.165) is 15.4 Å². The number of ether oxygens (including phenoxy) is 2. The summed E-state index contributed by atoms with van der Waals surface area (Å²) in [6, 6.07) is 23.0. The highest BCUT2D eigenvalue weighted by Crippen LogP contribution is 2.39. The number of hydrogen-bond donors (Lipinski definition) is 0. The normalized spacial score (nSPS) is 11.1. The number of hydrogen-bond acceptors (Lipinski definition) is 5. The third-order valence-electron chi connectivity index (χ3n) is 4.30. The van der Waals surface area contributed by atoms with Crippen LogP contribution in [0.1, 0.15) is 5.56 Å². The zero-order valence-electron chi connectivity index (χ0n) is 16.5. The van der Waals surface area contributed by atoms with Gasteiger partial charge in [-0.2, -0.15) is 0 Å². The second-order valence-electron chi connectivity index (χ2n) is 6.39. The summed E-state index contributed by atoms with van der Waals surface area (Å²) in [6.07, 6.45) is 1.19. The Morgan fingerprint density at radius 3 is 2.31 bits per heavy atom. The molecule has 0 aliphatic rings. The fourth-order valence-corrected chi connectivity index (χ4v) is 4.26. The lowest BCUT2D eigenvalue weighted by Crippen LogP contribution is -2.25. The Morgan fingerprint density at radius 2 is 1.62 bits per heavy atom. The molecule has 0 radical (unpaired) electrons. The quantitative estimate of drug-likeness (QED) is 0.514. The van der Waals surface area contributed by atoms with E-state index in [1.807, 2.05) is 66.7 Å². The van der Waals surface area contributed by atoms with Crippen LogP contribution in [0.25, 0.3) is 0 Å². The van der Waals surface area contributed by atoms with Crippen molar-refractivity contribution < 1.29 is 17.9 Å². The lowest BCUT2D eigenvalue weighted by atomic mass is 10.2. The summed E-state index contributed by atoms with van der Waals surface area (Å²) in [5.41, 5.74) is 1.70. The van der Waals surface area contributed by atoms with Crippen molar-refractivity contribution >= 4 is 27.5 Å². The number of methoxy groups -OCH3 is 1. The zero-order chi connectivity index (χ0) is 20.9. The molecule has 3 aromatic rings. The summed E-state index contributed by atoms with van der Waals surface area (Å²) in [4.78, 5) is 1.75. The third-order valence-corrected chi connectivity index (χ3v) is 6.55. The highest BCUT2D eigenvalue weighted by Gasteiger charge is 2.16. The van der Waals surface area contributed by atoms with Crippen molar-refractivity contribution in [3.05, 3.63) is 78.4 Å². The van der Waals surface area contributed by atoms with Gasteiger partial charge in [0.15, 0.2) is 11.5 Å². The van der Waals surface area contributed by atoms with Crippen molar-refractivity contribution in [1.82, 2.24) is 0 Å². The van der Waals surface area contributed by atoms with Crippen LogP contribution in [0.2, 0.25) is 0 Å². The van der Waals surface area contributed by atoms with Crippen LogP contribution in [-0.2, 0) is 16.6 Å². The predicted octanol–water partition coefficient (Wildman–Crippen LogP) is 4.82. The molecule has 5 nitrogen and oxygen atoms in total. The lowest BCUT2D eigenvalue weighted by Gasteiger charge is -2.20. The van der Waals surface area contributed by atoms with Crippen molar-refractivity contribution in [2.24, 2.45) is 0 Å². The molecular formula is C22H23NO4S2. The molecule has 7 heteroatoms. The fourth-order valence-electron chi connectivity index (χ4n) is 2.68. The first-order chi connectivity index (χ1) is 13.9. The molecule has 0 atom stereocenters. The van der Waals surface area contributed by atoms with E-state index in [9.17, 15) is 8.42 Å². The van der Waals surface area contributed by atoms with Gasteiger partial charge in [-0.25, -0.2) is 8.42 Å². The maximum Gasteiger partial charge on any atom is 0.232 e. The molecule has 0 saturated carbocycles. The Labute approximate surface area is 176 Å². The summed E-state index contributed by atoms with van der Waals surface area (Å²) in [5.74, 6) is 1.28. The van der Waals surface area contributed by atoms with E-state index in [4.69, 9.17) is 9.47 Å². The minimum Gasteiger partial charge on any atom is -0.493 e. The van der Waals surface area contributed by atoms with Gasteiger partial charge >= 0.3 is 0 Å². The Kier molecular flexibility index (Phi) is 6.71. The molecule has 0 aromatic heterocycles. The molecule has 3 rings (SSSR count). The molecule has 0 aliphatic carbocycles. The van der Waals surface area contributed by atoms with Gasteiger partial charge in [0.2, 0.25) is 10.0 Å². The van der Waals surface area contributed by atoms with E-state index in [1.54, 1.807) is 20.2 Å². The summed E-state index contributed by atoms with van der Waals surface area (Å²) in [5, 5.41) is 0. The minimum atomic E-state index is -3.35. The maximum atomic E-state index is 12.0. The van der Waals surface area contributed by atoms with Gasteiger partial charge in [-0.05, 0) is 35.9 Å². The molecule has 29 heavy (non-hydrogen) atoms. The number of nitrogens with zero attached hydrogens (tertiary/aromatic N) is 1. The van der Waals surface area contributed by atoms with Crippen LogP contribution in [0.5, 0.6) is 11.5 Å². The standard InChI is InChI=1S/C22H23NO4S2/c1-23(29(3,24)25)19-11-7-8-12-22(19)28-18-13-14-20(21(15-18)26-2)27-16-17-9-5-4-6-10-17/h4-15H,16H2,1-3H3. The van der Waals surface area contributed by atoms with Crippen LogP contribution in [0.4, 0.5) is 5.69 Å². The van der Waals surface area contributed by atoms with E-state index in [-0.39, 0.29) is 0 Å². The highest BCUT2D eigenvalue weighted by atomic mass is 32.2. The summed E-state index contributed by atoms with van der Waals surface area (Å²) in [6.45, 7) is 0.450. The smallest absolute Gasteiger partial charge is 0.232 e. The van der Waals surface area contributed by atoms with E-state index in [1.165, 1.54) is 22.3 Å². The Morgan fingerprint density at radius 1 is 0.931 bits per heavy atom. The van der Waals surface area contributed by atoms with Gasteiger partial charge in [-0.15, -0.1) is 0 Å². The van der Waals surface area contributed by atoms with Gasteiger partial charge in [0.1, 0.15) is 6.61 Å². The van der Waals surface area contributed by atoms with Crippen LogP contribution >= 0.6 is 11.8 Å². The molecule has 0 saturated heterocycles. The fraction of sp³-hybridized carbons (Fsp3) is 0.182. The topological polar surface area (TPSA) is 55.8 Å². The van der Waals surface area contributed by atoms with Gasteiger partial charge in [-0.3, -0.25) is 4.31 Å². The van der Waals surface area contributed by atoms with Crippen LogP contribution < -0.4 is 13.8 Å². The van der Waals surface area contributed by atoms with Gasteiger partial charge in [-0.1, -0.05) is 54.2 Å². The number of anilines is 1. The molecule has 0 heterocycles.